The molecule has 0 radical (unpaired) electrons. The van der Waals surface area contributed by atoms with Crippen molar-refractivity contribution >= 4 is 17.7 Å². The lowest BCUT2D eigenvalue weighted by molar-refractivity contribution is -0.139. The van der Waals surface area contributed by atoms with Gasteiger partial charge >= 0.3 is 12.3 Å². The van der Waals surface area contributed by atoms with Crippen molar-refractivity contribution in [3.63, 3.8) is 0 Å². The molecule has 2 heterocycles. The van der Waals surface area contributed by atoms with Crippen LogP contribution in [0.15, 0.2) is 42.5 Å². The number of amides is 2. The molecule has 11 heteroatoms. The van der Waals surface area contributed by atoms with Gasteiger partial charge in [0, 0.05) is 38.4 Å². The number of alkyl halides is 3. The molecular weight excluding hydrogens is 585 g/mol. The number of fused-ring (bicyclic) bond motifs is 1. The van der Waals surface area contributed by atoms with Gasteiger partial charge in [-0.05, 0) is 88.6 Å². The molecule has 0 aromatic heterocycles. The van der Waals surface area contributed by atoms with Gasteiger partial charge < -0.3 is 19.7 Å². The summed E-state index contributed by atoms with van der Waals surface area (Å²) in [6.07, 6.45) is -1.72. The average molecular weight is 631 g/mol. The van der Waals surface area contributed by atoms with Crippen LogP contribution in [-0.4, -0.2) is 76.9 Å². The Kier molecular flexibility index (Phi) is 9.43. The summed E-state index contributed by atoms with van der Waals surface area (Å²) in [6.45, 7) is 11.4. The van der Waals surface area contributed by atoms with Crippen molar-refractivity contribution in [2.45, 2.75) is 90.5 Å². The summed E-state index contributed by atoms with van der Waals surface area (Å²) >= 11 is 0. The van der Waals surface area contributed by atoms with Gasteiger partial charge in [-0.3, -0.25) is 14.6 Å². The number of anilines is 1. The van der Waals surface area contributed by atoms with E-state index in [0.29, 0.717) is 0 Å². The number of carbonyl (C=O) groups is 2. The lowest BCUT2D eigenvalue weighted by Crippen LogP contribution is -2.53. The van der Waals surface area contributed by atoms with Gasteiger partial charge in [0.1, 0.15) is 11.3 Å². The lowest BCUT2D eigenvalue weighted by Gasteiger charge is -2.37. The van der Waals surface area contributed by atoms with Crippen LogP contribution in [-0.2, 0) is 40.0 Å². The van der Waals surface area contributed by atoms with Crippen LogP contribution in [0.5, 0.6) is 0 Å². The van der Waals surface area contributed by atoms with E-state index in [-0.39, 0.29) is 37.7 Å². The SMILES string of the molecule is CC(C)(C)OC(=O)N1[C@H](CN(Cc2ccccc2C(F)(F)F)C(=O)CNc2cccc3c2CCN(CC2CC2)C3)COC1(C)C. The Morgan fingerprint density at radius 1 is 1.09 bits per heavy atom. The molecule has 1 N–H and O–H groups in total. The van der Waals surface area contributed by atoms with Gasteiger partial charge in [0.15, 0.2) is 0 Å². The molecule has 246 valence electrons. The first-order valence-electron chi connectivity index (χ1n) is 15.8. The van der Waals surface area contributed by atoms with Gasteiger partial charge in [0.25, 0.3) is 0 Å². The van der Waals surface area contributed by atoms with E-state index in [4.69, 9.17) is 9.47 Å². The highest BCUT2D eigenvalue weighted by Crippen LogP contribution is 2.35. The minimum absolute atomic E-state index is 0.0202. The maximum Gasteiger partial charge on any atom is 0.416 e. The molecule has 2 aromatic rings. The van der Waals surface area contributed by atoms with Crippen molar-refractivity contribution < 1.29 is 32.2 Å². The minimum Gasteiger partial charge on any atom is -0.444 e. The third kappa shape index (κ3) is 8.30. The Balaban J connectivity index is 1.36. The van der Waals surface area contributed by atoms with Gasteiger partial charge in [-0.1, -0.05) is 30.3 Å². The second-order valence-electron chi connectivity index (χ2n) is 13.9. The van der Waals surface area contributed by atoms with Crippen molar-refractivity contribution in [1.29, 1.82) is 0 Å². The molecule has 2 fully saturated rings. The van der Waals surface area contributed by atoms with E-state index in [1.807, 2.05) is 12.1 Å². The van der Waals surface area contributed by atoms with Gasteiger partial charge in [-0.2, -0.15) is 13.2 Å². The highest BCUT2D eigenvalue weighted by Gasteiger charge is 2.47. The number of hydrogen-bond donors (Lipinski definition) is 1. The molecule has 5 rings (SSSR count). The monoisotopic (exact) mass is 630 g/mol. The number of rotatable bonds is 9. The largest absolute Gasteiger partial charge is 0.444 e. The molecule has 0 spiro atoms. The quantitative estimate of drug-likeness (QED) is 0.351. The fourth-order valence-corrected chi connectivity index (χ4v) is 6.29. The standard InChI is InChI=1S/C34H45F3N4O4/c1-32(2,3)45-31(43)41-26(22-44-33(41,4)5)21-40(20-25-9-6-7-11-28(25)34(35,36)37)30(42)17-38-29-12-8-10-24-19-39(16-15-27(24)29)18-23-13-14-23/h6-12,23,26,38H,13-22H2,1-5H3/t26-/m1/s1. The summed E-state index contributed by atoms with van der Waals surface area (Å²) in [7, 11) is 0. The van der Waals surface area contributed by atoms with Crippen molar-refractivity contribution in [1.82, 2.24) is 14.7 Å². The van der Waals surface area contributed by atoms with Gasteiger partial charge in [-0.15, -0.1) is 0 Å². The lowest BCUT2D eigenvalue weighted by atomic mass is 9.97. The first-order valence-corrected chi connectivity index (χ1v) is 15.8. The molecule has 2 amide bonds. The van der Waals surface area contributed by atoms with Crippen LogP contribution in [0.2, 0.25) is 0 Å². The summed E-state index contributed by atoms with van der Waals surface area (Å²) < 4.78 is 53.4. The zero-order valence-corrected chi connectivity index (χ0v) is 26.9. The normalized spacial score (nSPS) is 20.1. The van der Waals surface area contributed by atoms with Crippen molar-refractivity contribution in [2.24, 2.45) is 5.92 Å². The van der Waals surface area contributed by atoms with Crippen LogP contribution in [0.25, 0.3) is 0 Å². The van der Waals surface area contributed by atoms with E-state index in [1.54, 1.807) is 34.6 Å². The molecule has 2 aromatic carbocycles. The molecule has 0 bridgehead atoms. The van der Waals surface area contributed by atoms with Crippen molar-refractivity contribution in [3.8, 4) is 0 Å². The molecule has 1 atom stereocenters. The van der Waals surface area contributed by atoms with E-state index in [2.05, 4.69) is 16.3 Å². The van der Waals surface area contributed by atoms with E-state index in [9.17, 15) is 22.8 Å². The number of ether oxygens (including phenoxy) is 2. The number of benzene rings is 2. The Morgan fingerprint density at radius 3 is 2.51 bits per heavy atom. The predicted molar refractivity (Wildman–Crippen MR) is 165 cm³/mol. The predicted octanol–water partition coefficient (Wildman–Crippen LogP) is 6.29. The highest BCUT2D eigenvalue weighted by atomic mass is 19.4. The fraction of sp³-hybridized carbons (Fsp3) is 0.588. The van der Waals surface area contributed by atoms with Crippen LogP contribution in [0.1, 0.15) is 69.7 Å². The number of nitrogens with zero attached hydrogens (tertiary/aromatic N) is 3. The molecule has 1 saturated carbocycles. The van der Waals surface area contributed by atoms with Crippen LogP contribution in [0.3, 0.4) is 0 Å². The van der Waals surface area contributed by atoms with Crippen molar-refractivity contribution in [2.75, 3.05) is 38.1 Å². The zero-order chi connectivity index (χ0) is 32.6. The Labute approximate surface area is 263 Å². The van der Waals surface area contributed by atoms with Gasteiger partial charge in [-0.25, -0.2) is 4.79 Å². The third-order valence-corrected chi connectivity index (χ3v) is 8.62. The number of halogens is 3. The summed E-state index contributed by atoms with van der Waals surface area (Å²) in [5.41, 5.74) is 0.657. The summed E-state index contributed by atoms with van der Waals surface area (Å²) in [5, 5.41) is 3.29. The first-order chi connectivity index (χ1) is 21.1. The fourth-order valence-electron chi connectivity index (χ4n) is 6.29. The molecule has 45 heavy (non-hydrogen) atoms. The highest BCUT2D eigenvalue weighted by molar-refractivity contribution is 5.81. The van der Waals surface area contributed by atoms with Crippen LogP contribution >= 0.6 is 0 Å². The molecular formula is C34H45F3N4O4. The Bertz CT molecular complexity index is 1390. The molecule has 0 unspecified atom stereocenters. The van der Waals surface area contributed by atoms with E-state index in [1.165, 1.54) is 52.0 Å². The van der Waals surface area contributed by atoms with Crippen molar-refractivity contribution in [3.05, 3.63) is 64.7 Å². The summed E-state index contributed by atoms with van der Waals surface area (Å²) in [4.78, 5) is 32.5. The van der Waals surface area contributed by atoms with Gasteiger partial charge in [0.2, 0.25) is 5.91 Å². The summed E-state index contributed by atoms with van der Waals surface area (Å²) in [5.74, 6) is 0.422. The average Bonchev–Trinajstić information content (AvgIpc) is 3.71. The van der Waals surface area contributed by atoms with Gasteiger partial charge in [0.05, 0.1) is 24.8 Å². The molecule has 8 nitrogen and oxygen atoms in total. The second-order valence-corrected chi connectivity index (χ2v) is 13.9. The first kappa shape index (κ1) is 33.1. The smallest absolute Gasteiger partial charge is 0.416 e. The van der Waals surface area contributed by atoms with Crippen LogP contribution in [0.4, 0.5) is 23.7 Å². The molecule has 1 saturated heterocycles. The molecule has 2 aliphatic heterocycles. The Hall–Kier alpha value is -3.31. The number of carbonyl (C=O) groups excluding carboxylic acids is 2. The third-order valence-electron chi connectivity index (χ3n) is 8.62. The van der Waals surface area contributed by atoms with E-state index in [0.717, 1.165) is 43.7 Å². The molecule has 3 aliphatic rings. The number of hydrogen-bond acceptors (Lipinski definition) is 6. The molecule has 1 aliphatic carbocycles. The topological polar surface area (TPSA) is 74.4 Å². The maximum absolute atomic E-state index is 14.0. The Morgan fingerprint density at radius 2 is 1.82 bits per heavy atom. The van der Waals surface area contributed by atoms with E-state index >= 15 is 0 Å². The zero-order valence-electron chi connectivity index (χ0n) is 26.9. The summed E-state index contributed by atoms with van der Waals surface area (Å²) in [6, 6.07) is 10.7. The second kappa shape index (κ2) is 12.8. The van der Waals surface area contributed by atoms with E-state index < -0.39 is 35.2 Å². The van der Waals surface area contributed by atoms with Crippen LogP contribution in [0, 0.1) is 5.92 Å². The maximum atomic E-state index is 14.0. The van der Waals surface area contributed by atoms with Crippen LogP contribution < -0.4 is 5.32 Å². The number of nitrogens with one attached hydrogen (secondary N) is 1. The minimum atomic E-state index is -4.58.